The molecule has 1 amide bonds. The van der Waals surface area contributed by atoms with E-state index in [4.69, 9.17) is 0 Å². The number of hydrogen-bond acceptors (Lipinski definition) is 5. The number of thiazole rings is 1. The third-order valence-corrected chi connectivity index (χ3v) is 4.98. The van der Waals surface area contributed by atoms with E-state index in [0.717, 1.165) is 37.7 Å². The van der Waals surface area contributed by atoms with Crippen LogP contribution in [0.3, 0.4) is 0 Å². The Kier molecular flexibility index (Phi) is 5.35. The molecule has 1 aromatic heterocycles. The lowest BCUT2D eigenvalue weighted by molar-refractivity contribution is -0.132. The van der Waals surface area contributed by atoms with Crippen LogP contribution < -0.4 is 5.32 Å². The molecule has 21 heavy (non-hydrogen) atoms. The van der Waals surface area contributed by atoms with Crippen LogP contribution in [0.5, 0.6) is 0 Å². The average molecular weight is 310 g/mol. The molecule has 5 nitrogen and oxygen atoms in total. The second-order valence-corrected chi connectivity index (χ2v) is 7.79. The van der Waals surface area contributed by atoms with Crippen molar-refractivity contribution in [3.8, 4) is 0 Å². The van der Waals surface area contributed by atoms with Gasteiger partial charge in [-0.25, -0.2) is 4.98 Å². The van der Waals surface area contributed by atoms with Crippen LogP contribution in [-0.4, -0.2) is 60.5 Å². The maximum Gasteiger partial charge on any atom is 0.236 e. The van der Waals surface area contributed by atoms with E-state index < -0.39 is 0 Å². The number of nitrogens with one attached hydrogen (secondary N) is 1. The van der Waals surface area contributed by atoms with E-state index in [2.05, 4.69) is 36.0 Å². The smallest absolute Gasteiger partial charge is 0.236 e. The first-order valence-corrected chi connectivity index (χ1v) is 8.30. The molecule has 1 saturated heterocycles. The fourth-order valence-electron chi connectivity index (χ4n) is 2.26. The second-order valence-electron chi connectivity index (χ2n) is 6.67. The van der Waals surface area contributed by atoms with Crippen LogP contribution in [0.4, 0.5) is 0 Å². The first-order valence-electron chi connectivity index (χ1n) is 7.48. The molecule has 0 bridgehead atoms. The molecule has 1 aliphatic rings. The average Bonchev–Trinajstić information content (AvgIpc) is 2.88. The number of carbonyl (C=O) groups excluding carboxylic acids is 1. The molecule has 1 aromatic rings. The lowest BCUT2D eigenvalue weighted by Crippen LogP contribution is -2.49. The number of aromatic nitrogens is 1. The fraction of sp³-hybridized carbons (Fsp3) is 0.733. The molecule has 1 aliphatic heterocycles. The molecule has 2 heterocycles. The van der Waals surface area contributed by atoms with Crippen molar-refractivity contribution in [2.45, 2.75) is 32.7 Å². The van der Waals surface area contributed by atoms with Crippen LogP contribution in [0.2, 0.25) is 0 Å². The molecule has 0 unspecified atom stereocenters. The van der Waals surface area contributed by atoms with E-state index in [-0.39, 0.29) is 11.3 Å². The summed E-state index contributed by atoms with van der Waals surface area (Å²) in [6, 6.07) is 0. The highest BCUT2D eigenvalue weighted by Crippen LogP contribution is 2.28. The van der Waals surface area contributed by atoms with Gasteiger partial charge in [-0.2, -0.15) is 0 Å². The highest BCUT2D eigenvalue weighted by molar-refractivity contribution is 7.11. The summed E-state index contributed by atoms with van der Waals surface area (Å²) in [6.45, 7) is 11.2. The molecule has 2 rings (SSSR count). The number of nitrogens with zero attached hydrogens (tertiary/aromatic N) is 3. The Hall–Kier alpha value is -0.980. The molecule has 0 saturated carbocycles. The third-order valence-electron chi connectivity index (χ3n) is 3.57. The standard InChI is InChI=1S/C15H26N4OS/c1-15(2,3)12-9-17-13(21-12)10-18(4)11-14(20)19-7-5-16-6-8-19/h9,16H,5-8,10-11H2,1-4H3. The quantitative estimate of drug-likeness (QED) is 0.911. The molecular weight excluding hydrogens is 284 g/mol. The molecule has 0 radical (unpaired) electrons. The molecule has 0 aromatic carbocycles. The summed E-state index contributed by atoms with van der Waals surface area (Å²) in [6.07, 6.45) is 1.96. The van der Waals surface area contributed by atoms with Gasteiger partial charge in [0.2, 0.25) is 5.91 Å². The van der Waals surface area contributed by atoms with Gasteiger partial charge in [0.1, 0.15) is 5.01 Å². The van der Waals surface area contributed by atoms with Crippen molar-refractivity contribution in [3.63, 3.8) is 0 Å². The van der Waals surface area contributed by atoms with Gasteiger partial charge in [0.15, 0.2) is 0 Å². The summed E-state index contributed by atoms with van der Waals surface area (Å²) >= 11 is 1.74. The number of hydrogen-bond donors (Lipinski definition) is 1. The summed E-state index contributed by atoms with van der Waals surface area (Å²) < 4.78 is 0. The predicted octanol–water partition coefficient (Wildman–Crippen LogP) is 1.30. The first-order chi connectivity index (χ1) is 9.86. The Labute approximate surface area is 131 Å². The molecule has 0 aliphatic carbocycles. The van der Waals surface area contributed by atoms with E-state index in [1.165, 1.54) is 4.88 Å². The second kappa shape index (κ2) is 6.85. The lowest BCUT2D eigenvalue weighted by atomic mass is 9.96. The summed E-state index contributed by atoms with van der Waals surface area (Å²) in [4.78, 5) is 22.0. The Morgan fingerprint density at radius 1 is 1.43 bits per heavy atom. The van der Waals surface area contributed by atoms with Gasteiger partial charge in [-0.05, 0) is 12.5 Å². The van der Waals surface area contributed by atoms with Crippen LogP contribution in [0.1, 0.15) is 30.7 Å². The van der Waals surface area contributed by atoms with Crippen molar-refractivity contribution in [1.29, 1.82) is 0 Å². The Morgan fingerprint density at radius 3 is 2.67 bits per heavy atom. The number of piperazine rings is 1. The zero-order valence-corrected chi connectivity index (χ0v) is 14.3. The van der Waals surface area contributed by atoms with Crippen LogP contribution in [0.25, 0.3) is 0 Å². The molecule has 118 valence electrons. The predicted molar refractivity (Wildman–Crippen MR) is 86.6 cm³/mol. The summed E-state index contributed by atoms with van der Waals surface area (Å²) in [5, 5.41) is 4.34. The zero-order chi connectivity index (χ0) is 15.5. The van der Waals surface area contributed by atoms with Gasteiger partial charge in [-0.1, -0.05) is 20.8 Å². The summed E-state index contributed by atoms with van der Waals surface area (Å²) in [5.74, 6) is 0.214. The monoisotopic (exact) mass is 310 g/mol. The van der Waals surface area contributed by atoms with Crippen LogP contribution >= 0.6 is 11.3 Å². The fourth-order valence-corrected chi connectivity index (χ4v) is 3.32. The number of carbonyl (C=O) groups is 1. The van der Waals surface area contributed by atoms with Gasteiger partial charge in [0, 0.05) is 37.3 Å². The van der Waals surface area contributed by atoms with E-state index in [9.17, 15) is 4.79 Å². The Balaban J connectivity index is 1.85. The minimum atomic E-state index is 0.144. The van der Waals surface area contributed by atoms with E-state index in [0.29, 0.717) is 6.54 Å². The molecule has 0 atom stereocenters. The minimum Gasteiger partial charge on any atom is -0.339 e. The van der Waals surface area contributed by atoms with Gasteiger partial charge in [0.25, 0.3) is 0 Å². The van der Waals surface area contributed by atoms with Gasteiger partial charge in [0.05, 0.1) is 13.1 Å². The summed E-state index contributed by atoms with van der Waals surface area (Å²) in [5.41, 5.74) is 0.144. The van der Waals surface area contributed by atoms with Gasteiger partial charge >= 0.3 is 0 Å². The number of amides is 1. The van der Waals surface area contributed by atoms with Gasteiger partial charge in [-0.3, -0.25) is 9.69 Å². The summed E-state index contributed by atoms with van der Waals surface area (Å²) in [7, 11) is 1.98. The number of likely N-dealkylation sites (N-methyl/N-ethyl adjacent to an activating group) is 1. The highest BCUT2D eigenvalue weighted by Gasteiger charge is 2.20. The van der Waals surface area contributed by atoms with E-state index >= 15 is 0 Å². The SMILES string of the molecule is CN(CC(=O)N1CCNCC1)Cc1ncc(C(C)(C)C)s1. The van der Waals surface area contributed by atoms with Crippen molar-refractivity contribution < 1.29 is 4.79 Å². The first kappa shape index (κ1) is 16.4. The van der Waals surface area contributed by atoms with Crippen LogP contribution in [0.15, 0.2) is 6.20 Å². The normalized spacial score (nSPS) is 16.5. The third kappa shape index (κ3) is 4.76. The van der Waals surface area contributed by atoms with E-state index in [1.807, 2.05) is 18.1 Å². The largest absolute Gasteiger partial charge is 0.339 e. The van der Waals surface area contributed by atoms with Crippen molar-refractivity contribution in [3.05, 3.63) is 16.1 Å². The molecule has 1 fully saturated rings. The zero-order valence-electron chi connectivity index (χ0n) is 13.5. The van der Waals surface area contributed by atoms with Crippen molar-refractivity contribution in [2.24, 2.45) is 0 Å². The lowest BCUT2D eigenvalue weighted by Gasteiger charge is -2.29. The van der Waals surface area contributed by atoms with Crippen LogP contribution in [0, 0.1) is 0 Å². The van der Waals surface area contributed by atoms with E-state index in [1.54, 1.807) is 11.3 Å². The maximum absolute atomic E-state index is 12.2. The van der Waals surface area contributed by atoms with Crippen LogP contribution in [-0.2, 0) is 16.8 Å². The molecule has 6 heteroatoms. The van der Waals surface area contributed by atoms with Crippen molar-refractivity contribution in [2.75, 3.05) is 39.8 Å². The maximum atomic E-state index is 12.2. The van der Waals surface area contributed by atoms with Crippen molar-refractivity contribution in [1.82, 2.24) is 20.1 Å². The van der Waals surface area contributed by atoms with Crippen molar-refractivity contribution >= 4 is 17.2 Å². The minimum absolute atomic E-state index is 0.144. The topological polar surface area (TPSA) is 48.5 Å². The Morgan fingerprint density at radius 2 is 2.10 bits per heavy atom. The molecular formula is C15H26N4OS. The number of rotatable bonds is 4. The molecule has 0 spiro atoms. The molecule has 1 N–H and O–H groups in total. The Bertz CT molecular complexity index is 474. The van der Waals surface area contributed by atoms with Gasteiger partial charge in [-0.15, -0.1) is 11.3 Å². The highest BCUT2D eigenvalue weighted by atomic mass is 32.1. The van der Waals surface area contributed by atoms with Gasteiger partial charge < -0.3 is 10.2 Å².